The molecule has 0 spiro atoms. The molecule has 6 heteroatoms. The van der Waals surface area contributed by atoms with E-state index >= 15 is 0 Å². The Hall–Kier alpha value is -1.43. The number of aliphatic hydroxyl groups excluding tert-OH is 1. The molecule has 1 heterocycles. The number of hydrogen-bond donors (Lipinski definition) is 2. The molecule has 0 aliphatic carbocycles. The van der Waals surface area contributed by atoms with Gasteiger partial charge in [-0.25, -0.2) is 4.98 Å². The van der Waals surface area contributed by atoms with Gasteiger partial charge in [0.1, 0.15) is 5.82 Å². The largest absolute Gasteiger partial charge is 0.394 e. The van der Waals surface area contributed by atoms with Gasteiger partial charge in [0.15, 0.2) is 0 Å². The van der Waals surface area contributed by atoms with Crippen LogP contribution in [0.25, 0.3) is 0 Å². The fourth-order valence-corrected chi connectivity index (χ4v) is 0.919. The lowest BCUT2D eigenvalue weighted by Gasteiger charge is -2.21. The number of aliphatic hydroxyl groups is 1. The van der Waals surface area contributed by atoms with Crippen molar-refractivity contribution in [2.24, 2.45) is 0 Å². The number of carbonyl (C=O) groups is 1. The SMILES string of the molecule is Cc1nc(C(=O)N(C)C(C)CO)n[nH]1. The summed E-state index contributed by atoms with van der Waals surface area (Å²) in [5.74, 6) is 0.430. The molecule has 1 unspecified atom stereocenters. The lowest BCUT2D eigenvalue weighted by Crippen LogP contribution is -2.37. The molecule has 14 heavy (non-hydrogen) atoms. The van der Waals surface area contributed by atoms with Crippen LogP contribution in [-0.2, 0) is 0 Å². The average Bonchev–Trinajstić information content (AvgIpc) is 2.61. The number of nitrogens with one attached hydrogen (secondary N) is 1. The number of amides is 1. The first kappa shape index (κ1) is 10.6. The van der Waals surface area contributed by atoms with Crippen LogP contribution in [0.15, 0.2) is 0 Å². The van der Waals surface area contributed by atoms with E-state index in [2.05, 4.69) is 15.2 Å². The Morgan fingerprint density at radius 1 is 1.71 bits per heavy atom. The summed E-state index contributed by atoms with van der Waals surface area (Å²) < 4.78 is 0. The summed E-state index contributed by atoms with van der Waals surface area (Å²) in [6.45, 7) is 3.39. The topological polar surface area (TPSA) is 82.1 Å². The predicted molar refractivity (Wildman–Crippen MR) is 49.8 cm³/mol. The molecule has 0 saturated carbocycles. The van der Waals surface area contributed by atoms with Crippen LogP contribution >= 0.6 is 0 Å². The fourth-order valence-electron chi connectivity index (χ4n) is 0.919. The number of H-pyrrole nitrogens is 1. The van der Waals surface area contributed by atoms with Crippen molar-refractivity contribution >= 4 is 5.91 Å². The van der Waals surface area contributed by atoms with Gasteiger partial charge in [0, 0.05) is 7.05 Å². The summed E-state index contributed by atoms with van der Waals surface area (Å²) >= 11 is 0. The van der Waals surface area contributed by atoms with Gasteiger partial charge in [-0.15, -0.1) is 5.10 Å². The highest BCUT2D eigenvalue weighted by atomic mass is 16.3. The highest BCUT2D eigenvalue weighted by Gasteiger charge is 2.20. The van der Waals surface area contributed by atoms with E-state index in [1.807, 2.05) is 0 Å². The van der Waals surface area contributed by atoms with Crippen LogP contribution in [0.2, 0.25) is 0 Å². The fraction of sp³-hybridized carbons (Fsp3) is 0.625. The summed E-state index contributed by atoms with van der Waals surface area (Å²) in [4.78, 5) is 16.9. The van der Waals surface area contributed by atoms with Gasteiger partial charge in [0.2, 0.25) is 5.82 Å². The molecule has 0 aromatic carbocycles. The molecule has 0 saturated heterocycles. The van der Waals surface area contributed by atoms with Crippen molar-refractivity contribution in [3.8, 4) is 0 Å². The van der Waals surface area contributed by atoms with Gasteiger partial charge in [0.05, 0.1) is 12.6 Å². The van der Waals surface area contributed by atoms with Gasteiger partial charge in [0.25, 0.3) is 5.91 Å². The second kappa shape index (κ2) is 4.19. The highest BCUT2D eigenvalue weighted by molar-refractivity contribution is 5.90. The number of likely N-dealkylation sites (N-methyl/N-ethyl adjacent to an activating group) is 1. The zero-order valence-electron chi connectivity index (χ0n) is 8.48. The lowest BCUT2D eigenvalue weighted by molar-refractivity contribution is 0.0670. The number of aromatic nitrogens is 3. The van der Waals surface area contributed by atoms with Crippen molar-refractivity contribution in [1.82, 2.24) is 20.1 Å². The zero-order valence-corrected chi connectivity index (χ0v) is 8.48. The lowest BCUT2D eigenvalue weighted by atomic mass is 10.3. The summed E-state index contributed by atoms with van der Waals surface area (Å²) in [6.07, 6.45) is 0. The summed E-state index contributed by atoms with van der Waals surface area (Å²) in [6, 6.07) is -0.235. The molecule has 0 aliphatic heterocycles. The summed E-state index contributed by atoms with van der Waals surface area (Å²) in [5, 5.41) is 15.2. The molecule has 0 bridgehead atoms. The Bertz CT molecular complexity index is 323. The van der Waals surface area contributed by atoms with E-state index in [1.165, 1.54) is 4.90 Å². The minimum Gasteiger partial charge on any atom is -0.394 e. The Balaban J connectivity index is 2.75. The van der Waals surface area contributed by atoms with E-state index in [9.17, 15) is 4.79 Å². The van der Waals surface area contributed by atoms with Gasteiger partial charge >= 0.3 is 0 Å². The molecule has 1 amide bonds. The van der Waals surface area contributed by atoms with Crippen LogP contribution in [0.1, 0.15) is 23.4 Å². The van der Waals surface area contributed by atoms with E-state index in [1.54, 1.807) is 20.9 Å². The molecule has 1 aromatic rings. The first-order valence-electron chi connectivity index (χ1n) is 4.33. The van der Waals surface area contributed by atoms with Gasteiger partial charge in [-0.05, 0) is 13.8 Å². The Morgan fingerprint density at radius 3 is 2.79 bits per heavy atom. The van der Waals surface area contributed by atoms with Crippen molar-refractivity contribution in [3.63, 3.8) is 0 Å². The normalized spacial score (nSPS) is 12.6. The van der Waals surface area contributed by atoms with Crippen LogP contribution in [0, 0.1) is 6.92 Å². The number of carbonyl (C=O) groups excluding carboxylic acids is 1. The minimum atomic E-state index is -0.295. The maximum Gasteiger partial charge on any atom is 0.293 e. The molecule has 0 radical (unpaired) electrons. The Labute approximate surface area is 82.0 Å². The first-order valence-corrected chi connectivity index (χ1v) is 4.33. The molecule has 1 atom stereocenters. The van der Waals surface area contributed by atoms with Crippen LogP contribution in [0.3, 0.4) is 0 Å². The third-order valence-corrected chi connectivity index (χ3v) is 2.03. The number of hydrogen-bond acceptors (Lipinski definition) is 4. The van der Waals surface area contributed by atoms with Crippen molar-refractivity contribution in [1.29, 1.82) is 0 Å². The molecule has 0 fully saturated rings. The van der Waals surface area contributed by atoms with Crippen molar-refractivity contribution in [3.05, 3.63) is 11.6 Å². The Morgan fingerprint density at radius 2 is 2.36 bits per heavy atom. The van der Waals surface area contributed by atoms with Crippen molar-refractivity contribution < 1.29 is 9.90 Å². The number of aryl methyl sites for hydroxylation is 1. The smallest absolute Gasteiger partial charge is 0.293 e. The van der Waals surface area contributed by atoms with Crippen LogP contribution in [0.4, 0.5) is 0 Å². The van der Waals surface area contributed by atoms with Gasteiger partial charge in [-0.2, -0.15) is 0 Å². The summed E-state index contributed by atoms with van der Waals surface area (Å²) in [5.41, 5.74) is 0. The highest BCUT2D eigenvalue weighted by Crippen LogP contribution is 2.01. The van der Waals surface area contributed by atoms with Gasteiger partial charge in [-0.3, -0.25) is 9.89 Å². The van der Waals surface area contributed by atoms with E-state index in [4.69, 9.17) is 5.11 Å². The zero-order chi connectivity index (χ0) is 10.7. The minimum absolute atomic E-state index is 0.0777. The summed E-state index contributed by atoms with van der Waals surface area (Å²) in [7, 11) is 1.61. The van der Waals surface area contributed by atoms with Gasteiger partial charge < -0.3 is 10.0 Å². The third-order valence-electron chi connectivity index (χ3n) is 2.03. The van der Waals surface area contributed by atoms with E-state index in [0.717, 1.165) is 0 Å². The maximum atomic E-state index is 11.6. The Kier molecular flexibility index (Phi) is 3.19. The molecule has 78 valence electrons. The monoisotopic (exact) mass is 198 g/mol. The van der Waals surface area contributed by atoms with Crippen molar-refractivity contribution in [2.45, 2.75) is 19.9 Å². The van der Waals surface area contributed by atoms with E-state index in [0.29, 0.717) is 5.82 Å². The van der Waals surface area contributed by atoms with Crippen LogP contribution in [-0.4, -0.2) is 50.8 Å². The predicted octanol–water partition coefficient (Wildman–Crippen LogP) is -0.434. The van der Waals surface area contributed by atoms with Gasteiger partial charge in [-0.1, -0.05) is 0 Å². The number of rotatable bonds is 3. The molecule has 0 aliphatic rings. The quantitative estimate of drug-likeness (QED) is 0.690. The average molecular weight is 198 g/mol. The number of aromatic amines is 1. The van der Waals surface area contributed by atoms with Crippen LogP contribution < -0.4 is 0 Å². The molecule has 1 rings (SSSR count). The number of nitrogens with zero attached hydrogens (tertiary/aromatic N) is 3. The van der Waals surface area contributed by atoms with E-state index < -0.39 is 0 Å². The third kappa shape index (κ3) is 2.08. The molecule has 1 aromatic heterocycles. The second-order valence-corrected chi connectivity index (χ2v) is 3.19. The van der Waals surface area contributed by atoms with Crippen LogP contribution in [0.5, 0.6) is 0 Å². The maximum absolute atomic E-state index is 11.6. The molecule has 6 nitrogen and oxygen atoms in total. The van der Waals surface area contributed by atoms with E-state index in [-0.39, 0.29) is 24.4 Å². The standard InChI is InChI=1S/C8H14N4O2/c1-5(4-13)12(3)8(14)7-9-6(2)10-11-7/h5,13H,4H2,1-3H3,(H,9,10,11). The molecular formula is C8H14N4O2. The second-order valence-electron chi connectivity index (χ2n) is 3.19. The first-order chi connectivity index (χ1) is 6.56. The van der Waals surface area contributed by atoms with Crippen molar-refractivity contribution in [2.75, 3.05) is 13.7 Å². The molecule has 2 N–H and O–H groups in total. The molecular weight excluding hydrogens is 184 g/mol.